The Hall–Kier alpha value is -0.790. The van der Waals surface area contributed by atoms with Crippen molar-refractivity contribution < 1.29 is 0 Å². The van der Waals surface area contributed by atoms with Gasteiger partial charge in [0.2, 0.25) is 0 Å². The van der Waals surface area contributed by atoms with Crippen LogP contribution < -0.4 is 10.6 Å². The number of aromatic nitrogens is 2. The maximum absolute atomic E-state index is 4.76. The van der Waals surface area contributed by atoms with Crippen molar-refractivity contribution in [1.29, 1.82) is 0 Å². The molecule has 6 heteroatoms. The summed E-state index contributed by atoms with van der Waals surface area (Å²) in [6.07, 6.45) is 4.68. The van der Waals surface area contributed by atoms with Crippen molar-refractivity contribution in [2.45, 2.75) is 53.0 Å². The Labute approximate surface area is 151 Å². The Morgan fingerprint density at radius 2 is 1.95 bits per heavy atom. The van der Waals surface area contributed by atoms with E-state index in [0.29, 0.717) is 6.54 Å². The van der Waals surface area contributed by atoms with Crippen LogP contribution in [0.3, 0.4) is 0 Å². The van der Waals surface area contributed by atoms with E-state index < -0.39 is 0 Å². The molecule has 1 heterocycles. The monoisotopic (exact) mass is 419 g/mol. The van der Waals surface area contributed by atoms with E-state index in [1.807, 2.05) is 11.7 Å². The van der Waals surface area contributed by atoms with Crippen LogP contribution in [0.5, 0.6) is 0 Å². The van der Waals surface area contributed by atoms with Gasteiger partial charge in [0.05, 0.1) is 12.2 Å². The van der Waals surface area contributed by atoms with Crippen LogP contribution in [0, 0.1) is 5.92 Å². The topological polar surface area (TPSA) is 54.2 Å². The van der Waals surface area contributed by atoms with Crippen LogP contribution in [0.25, 0.3) is 0 Å². The predicted octanol–water partition coefficient (Wildman–Crippen LogP) is 2.63. The first-order chi connectivity index (χ1) is 10.2. The minimum Gasteiger partial charge on any atom is -0.357 e. The summed E-state index contributed by atoms with van der Waals surface area (Å²) in [5.41, 5.74) is 3.77. The van der Waals surface area contributed by atoms with Crippen molar-refractivity contribution in [2.75, 3.05) is 13.1 Å². The SMILES string of the molecule is CCNC(=NCc1c(CC)nn(C)c1CC)NCC1CC1.I. The molecule has 0 spiro atoms. The molecule has 126 valence electrons. The van der Waals surface area contributed by atoms with Gasteiger partial charge in [0.1, 0.15) is 0 Å². The average Bonchev–Trinajstić information content (AvgIpc) is 3.25. The van der Waals surface area contributed by atoms with Gasteiger partial charge in [0.25, 0.3) is 0 Å². The normalized spacial score (nSPS) is 14.6. The van der Waals surface area contributed by atoms with E-state index >= 15 is 0 Å². The van der Waals surface area contributed by atoms with E-state index in [9.17, 15) is 0 Å². The van der Waals surface area contributed by atoms with Gasteiger partial charge < -0.3 is 10.6 Å². The zero-order valence-electron chi connectivity index (χ0n) is 14.3. The summed E-state index contributed by atoms with van der Waals surface area (Å²) in [6.45, 7) is 9.09. The quantitative estimate of drug-likeness (QED) is 0.406. The Morgan fingerprint density at radius 1 is 1.23 bits per heavy atom. The van der Waals surface area contributed by atoms with Gasteiger partial charge in [0.15, 0.2) is 5.96 Å². The van der Waals surface area contributed by atoms with E-state index in [-0.39, 0.29) is 24.0 Å². The first-order valence-electron chi connectivity index (χ1n) is 8.25. The number of aryl methyl sites for hydroxylation is 2. The summed E-state index contributed by atoms with van der Waals surface area (Å²) in [7, 11) is 2.03. The molecule has 0 bridgehead atoms. The molecule has 0 aliphatic heterocycles. The molecule has 0 saturated heterocycles. The van der Waals surface area contributed by atoms with Crippen molar-refractivity contribution in [3.8, 4) is 0 Å². The van der Waals surface area contributed by atoms with Gasteiger partial charge in [0, 0.05) is 31.4 Å². The lowest BCUT2D eigenvalue weighted by Crippen LogP contribution is -2.38. The van der Waals surface area contributed by atoms with Crippen LogP contribution in [-0.4, -0.2) is 28.8 Å². The van der Waals surface area contributed by atoms with Gasteiger partial charge in [-0.3, -0.25) is 4.68 Å². The van der Waals surface area contributed by atoms with E-state index in [1.165, 1.54) is 29.8 Å². The molecule has 0 amide bonds. The highest BCUT2D eigenvalue weighted by Gasteiger charge is 2.21. The molecule has 0 atom stereocenters. The van der Waals surface area contributed by atoms with Crippen LogP contribution in [0.1, 0.15) is 50.6 Å². The molecule has 5 nitrogen and oxygen atoms in total. The second kappa shape index (κ2) is 9.37. The third-order valence-electron chi connectivity index (χ3n) is 4.02. The van der Waals surface area contributed by atoms with Crippen molar-refractivity contribution >= 4 is 29.9 Å². The maximum Gasteiger partial charge on any atom is 0.191 e. The van der Waals surface area contributed by atoms with Crippen LogP contribution in [0.15, 0.2) is 4.99 Å². The molecule has 1 fully saturated rings. The summed E-state index contributed by atoms with van der Waals surface area (Å²) >= 11 is 0. The number of hydrogen-bond donors (Lipinski definition) is 2. The van der Waals surface area contributed by atoms with Crippen molar-refractivity contribution in [3.63, 3.8) is 0 Å². The first-order valence-corrected chi connectivity index (χ1v) is 8.25. The Morgan fingerprint density at radius 3 is 2.50 bits per heavy atom. The minimum atomic E-state index is 0. The average molecular weight is 419 g/mol. The number of halogens is 1. The molecule has 0 aromatic carbocycles. The van der Waals surface area contributed by atoms with Gasteiger partial charge in [-0.2, -0.15) is 5.10 Å². The largest absolute Gasteiger partial charge is 0.357 e. The van der Waals surface area contributed by atoms with E-state index in [2.05, 4.69) is 36.5 Å². The molecule has 0 radical (unpaired) electrons. The van der Waals surface area contributed by atoms with Gasteiger partial charge in [-0.25, -0.2) is 4.99 Å². The molecular formula is C16H30IN5. The summed E-state index contributed by atoms with van der Waals surface area (Å²) < 4.78 is 2.01. The smallest absolute Gasteiger partial charge is 0.191 e. The van der Waals surface area contributed by atoms with Crippen LogP contribution in [0.2, 0.25) is 0 Å². The minimum absolute atomic E-state index is 0. The number of aliphatic imine (C=N–C) groups is 1. The molecule has 1 aliphatic rings. The highest BCUT2D eigenvalue weighted by Crippen LogP contribution is 2.27. The Kier molecular flexibility index (Phi) is 8.20. The second-order valence-corrected chi connectivity index (χ2v) is 5.72. The summed E-state index contributed by atoms with van der Waals surface area (Å²) in [5.74, 6) is 1.78. The van der Waals surface area contributed by atoms with Gasteiger partial charge in [-0.05, 0) is 38.5 Å². The summed E-state index contributed by atoms with van der Waals surface area (Å²) in [5, 5.41) is 11.4. The number of nitrogens with zero attached hydrogens (tertiary/aromatic N) is 3. The number of rotatable bonds is 7. The van der Waals surface area contributed by atoms with Crippen LogP contribution >= 0.6 is 24.0 Å². The number of hydrogen-bond acceptors (Lipinski definition) is 2. The number of nitrogens with one attached hydrogen (secondary N) is 2. The third-order valence-corrected chi connectivity index (χ3v) is 4.02. The molecule has 1 saturated carbocycles. The fourth-order valence-electron chi connectivity index (χ4n) is 2.64. The fraction of sp³-hybridized carbons (Fsp3) is 0.750. The number of guanidine groups is 1. The van der Waals surface area contributed by atoms with Crippen LogP contribution in [-0.2, 0) is 26.4 Å². The highest BCUT2D eigenvalue weighted by atomic mass is 127. The molecule has 1 aromatic heterocycles. The fourth-order valence-corrected chi connectivity index (χ4v) is 2.64. The lowest BCUT2D eigenvalue weighted by molar-refractivity contribution is 0.703. The second-order valence-electron chi connectivity index (χ2n) is 5.72. The maximum atomic E-state index is 4.76. The van der Waals surface area contributed by atoms with Crippen molar-refractivity contribution in [3.05, 3.63) is 17.0 Å². The first kappa shape index (κ1) is 19.3. The van der Waals surface area contributed by atoms with Gasteiger partial charge >= 0.3 is 0 Å². The zero-order valence-corrected chi connectivity index (χ0v) is 16.6. The van der Waals surface area contributed by atoms with Gasteiger partial charge in [-0.1, -0.05) is 13.8 Å². The molecular weight excluding hydrogens is 389 g/mol. The molecule has 2 rings (SSSR count). The standard InChI is InChI=1S/C16H29N5.HI/c1-5-14-13(15(6-2)21(4)20-14)11-19-16(17-7-3)18-10-12-8-9-12;/h12H,5-11H2,1-4H3,(H2,17,18,19);1H. The van der Waals surface area contributed by atoms with Gasteiger partial charge in [-0.15, -0.1) is 24.0 Å². The van der Waals surface area contributed by atoms with Crippen molar-refractivity contribution in [2.24, 2.45) is 18.0 Å². The van der Waals surface area contributed by atoms with E-state index in [4.69, 9.17) is 4.99 Å². The molecule has 0 unspecified atom stereocenters. The predicted molar refractivity (Wildman–Crippen MR) is 103 cm³/mol. The molecule has 2 N–H and O–H groups in total. The third kappa shape index (κ3) is 5.14. The molecule has 1 aromatic rings. The lowest BCUT2D eigenvalue weighted by Gasteiger charge is -2.11. The molecule has 1 aliphatic carbocycles. The van der Waals surface area contributed by atoms with Crippen LogP contribution in [0.4, 0.5) is 0 Å². The summed E-state index contributed by atoms with van der Waals surface area (Å²) in [6, 6.07) is 0. The lowest BCUT2D eigenvalue weighted by atomic mass is 10.1. The molecule has 22 heavy (non-hydrogen) atoms. The van der Waals surface area contributed by atoms with E-state index in [0.717, 1.165) is 37.8 Å². The zero-order chi connectivity index (χ0) is 15.2. The van der Waals surface area contributed by atoms with E-state index in [1.54, 1.807) is 0 Å². The van der Waals surface area contributed by atoms with Crippen molar-refractivity contribution in [1.82, 2.24) is 20.4 Å². The highest BCUT2D eigenvalue weighted by molar-refractivity contribution is 14.0. The summed E-state index contributed by atoms with van der Waals surface area (Å²) in [4.78, 5) is 4.76. The Balaban J connectivity index is 0.00000242. The Bertz CT molecular complexity index is 491.